The number of likely N-dealkylation sites (tertiary alicyclic amines) is 1. The van der Waals surface area contributed by atoms with E-state index in [1.807, 2.05) is 25.4 Å². The molecule has 0 spiro atoms. The van der Waals surface area contributed by atoms with Gasteiger partial charge in [-0.3, -0.25) is 33.8 Å². The first-order chi connectivity index (χ1) is 30.6. The van der Waals surface area contributed by atoms with Crippen LogP contribution in [0.2, 0.25) is 0 Å². The van der Waals surface area contributed by atoms with Crippen LogP contribution in [0.1, 0.15) is 89.4 Å². The van der Waals surface area contributed by atoms with Crippen LogP contribution in [0.5, 0.6) is 0 Å². The Labute approximate surface area is 371 Å². The van der Waals surface area contributed by atoms with Crippen molar-refractivity contribution in [3.05, 3.63) is 94.2 Å². The number of nitrogens with zero attached hydrogens (tertiary/aromatic N) is 8. The number of carbonyl (C=O) groups is 5. The molecule has 2 N–H and O–H groups in total. The number of aromatic nitrogens is 4. The number of benzene rings is 3. The molecule has 64 heavy (non-hydrogen) atoms. The molecule has 1 unspecified atom stereocenters. The lowest BCUT2D eigenvalue weighted by Gasteiger charge is -2.37. The Hall–Kier alpha value is -6.68. The van der Waals surface area contributed by atoms with E-state index in [4.69, 9.17) is 14.8 Å². The molecule has 9 rings (SSSR count). The van der Waals surface area contributed by atoms with Gasteiger partial charge in [0.1, 0.15) is 6.04 Å². The van der Waals surface area contributed by atoms with Crippen molar-refractivity contribution >= 4 is 69.5 Å². The van der Waals surface area contributed by atoms with Crippen molar-refractivity contribution in [3.8, 4) is 0 Å². The normalized spacial score (nSPS) is 18.5. The van der Waals surface area contributed by atoms with Crippen LogP contribution >= 0.6 is 0 Å². The quantitative estimate of drug-likeness (QED) is 0.117. The average molecular weight is 867 g/mol. The predicted molar refractivity (Wildman–Crippen MR) is 241 cm³/mol. The average Bonchev–Trinajstić information content (AvgIpc) is 3.71. The first-order valence-electron chi connectivity index (χ1n) is 22.1. The highest BCUT2D eigenvalue weighted by Crippen LogP contribution is 2.35. The number of hydrogen-bond acceptors (Lipinski definition) is 13. The zero-order valence-electron chi connectivity index (χ0n) is 37.2. The van der Waals surface area contributed by atoms with Crippen LogP contribution in [0.25, 0.3) is 11.0 Å². The fraction of sp³-hybridized carbons (Fsp3) is 0.417. The van der Waals surface area contributed by atoms with Crippen molar-refractivity contribution in [2.45, 2.75) is 79.3 Å². The van der Waals surface area contributed by atoms with E-state index in [0.29, 0.717) is 17.7 Å². The van der Waals surface area contributed by atoms with Gasteiger partial charge >= 0.3 is 5.97 Å². The van der Waals surface area contributed by atoms with Gasteiger partial charge in [0, 0.05) is 69.5 Å². The van der Waals surface area contributed by atoms with Gasteiger partial charge in [-0.05, 0) is 119 Å². The lowest BCUT2D eigenvalue weighted by Crippen LogP contribution is -2.56. The third-order valence-electron chi connectivity index (χ3n) is 13.0. The molecule has 16 nitrogen and oxygen atoms in total. The maximum absolute atomic E-state index is 13.8. The molecule has 16 heteroatoms. The van der Waals surface area contributed by atoms with Gasteiger partial charge in [-0.15, -0.1) is 0 Å². The highest BCUT2D eigenvalue weighted by Gasteiger charge is 2.47. The van der Waals surface area contributed by atoms with Gasteiger partial charge in [0.05, 0.1) is 21.9 Å². The summed E-state index contributed by atoms with van der Waals surface area (Å²) in [6.45, 7) is 13.0. The van der Waals surface area contributed by atoms with Crippen LogP contribution in [0, 0.1) is 25.2 Å². The summed E-state index contributed by atoms with van der Waals surface area (Å²) in [5.74, 6) is -1.21. The Morgan fingerprint density at radius 1 is 0.859 bits per heavy atom. The van der Waals surface area contributed by atoms with Gasteiger partial charge in [-0.2, -0.15) is 10.1 Å². The SMILES string of the molecule is Cc1cccc(C)c1Nc1nn(C)c2nc(Nc3ccc4c(c3)CN(CC3CCN(c5ccc6c(c5)C(=O)N(C5CCC(=O)N(COC(=O)C(C)(C)C)C5=O)C6=O)CC3)CC4)ncc12. The minimum absolute atomic E-state index is 0.0148. The molecular weight excluding hydrogens is 813 g/mol. The smallest absolute Gasteiger partial charge is 0.312 e. The van der Waals surface area contributed by atoms with Gasteiger partial charge in [0.25, 0.3) is 17.7 Å². The predicted octanol–water partition coefficient (Wildman–Crippen LogP) is 6.40. The molecule has 2 fully saturated rings. The van der Waals surface area contributed by atoms with Crippen LogP contribution < -0.4 is 15.5 Å². The number of ether oxygens (including phenoxy) is 1. The fourth-order valence-electron chi connectivity index (χ4n) is 9.30. The van der Waals surface area contributed by atoms with E-state index >= 15 is 0 Å². The zero-order chi connectivity index (χ0) is 45.0. The second kappa shape index (κ2) is 16.8. The molecule has 4 amide bonds. The number of hydrogen-bond donors (Lipinski definition) is 2. The number of anilines is 5. The molecule has 0 aliphatic carbocycles. The third kappa shape index (κ3) is 8.17. The molecule has 2 saturated heterocycles. The van der Waals surface area contributed by atoms with Crippen LogP contribution in [0.15, 0.2) is 60.8 Å². The summed E-state index contributed by atoms with van der Waals surface area (Å²) in [6.07, 6.45) is 4.71. The number of piperidine rings is 2. The number of nitrogens with one attached hydrogen (secondary N) is 2. The summed E-state index contributed by atoms with van der Waals surface area (Å²) in [5.41, 5.74) is 8.13. The Balaban J connectivity index is 0.795. The van der Waals surface area contributed by atoms with E-state index in [1.165, 1.54) is 11.1 Å². The first kappa shape index (κ1) is 42.6. The fourth-order valence-corrected chi connectivity index (χ4v) is 9.30. The molecule has 2 aromatic heterocycles. The lowest BCUT2D eigenvalue weighted by molar-refractivity contribution is -0.168. The molecule has 0 saturated carbocycles. The van der Waals surface area contributed by atoms with E-state index in [0.717, 1.165) is 101 Å². The van der Waals surface area contributed by atoms with Crippen molar-refractivity contribution in [1.82, 2.24) is 34.4 Å². The highest BCUT2D eigenvalue weighted by atomic mass is 16.5. The number of aryl methyl sites for hydroxylation is 3. The van der Waals surface area contributed by atoms with Gasteiger partial charge < -0.3 is 20.3 Å². The molecule has 5 aromatic rings. The van der Waals surface area contributed by atoms with E-state index in [-0.39, 0.29) is 24.0 Å². The molecule has 1 atom stereocenters. The summed E-state index contributed by atoms with van der Waals surface area (Å²) in [4.78, 5) is 82.0. The van der Waals surface area contributed by atoms with Crippen LogP contribution in [0.4, 0.5) is 28.8 Å². The Bertz CT molecular complexity index is 2690. The monoisotopic (exact) mass is 866 g/mol. The molecule has 0 bridgehead atoms. The van der Waals surface area contributed by atoms with Crippen molar-refractivity contribution in [2.75, 3.05) is 48.4 Å². The van der Waals surface area contributed by atoms with E-state index < -0.39 is 47.8 Å². The van der Waals surface area contributed by atoms with Gasteiger partial charge in [0.15, 0.2) is 18.2 Å². The van der Waals surface area contributed by atoms with Crippen LogP contribution in [-0.4, -0.2) is 103 Å². The standard InChI is InChI=1S/C48H54N10O6/c1-28-8-7-9-29(2)40(28)51-41-37-24-49-47(52-42(37)54(6)53-41)50-33-11-10-31-18-19-55(26-32(31)22-33)25-30-16-20-56(21-17-30)34-12-13-35-36(23-34)44(61)58(43(35)60)38-14-15-39(59)57(45(38)62)27-64-46(63)48(3,4)5/h7-13,22-24,30,38H,14-21,25-27H2,1-6H3,(H,51,53)(H,49,50,52). The number of fused-ring (bicyclic) bond motifs is 3. The number of imide groups is 2. The molecule has 4 aliphatic rings. The Morgan fingerprint density at radius 2 is 1.61 bits per heavy atom. The van der Waals surface area contributed by atoms with E-state index in [9.17, 15) is 24.0 Å². The summed E-state index contributed by atoms with van der Waals surface area (Å²) in [5, 5.41) is 12.5. The Kier molecular flexibility index (Phi) is 11.2. The maximum atomic E-state index is 13.8. The summed E-state index contributed by atoms with van der Waals surface area (Å²) in [7, 11) is 1.89. The van der Waals surface area contributed by atoms with Crippen LogP contribution in [0.3, 0.4) is 0 Å². The lowest BCUT2D eigenvalue weighted by atomic mass is 9.93. The van der Waals surface area contributed by atoms with Crippen molar-refractivity contribution in [3.63, 3.8) is 0 Å². The number of amides is 4. The van der Waals surface area contributed by atoms with Gasteiger partial charge in [-0.25, -0.2) is 14.6 Å². The van der Waals surface area contributed by atoms with Crippen molar-refractivity contribution < 1.29 is 28.7 Å². The second-order valence-corrected chi connectivity index (χ2v) is 18.6. The summed E-state index contributed by atoms with van der Waals surface area (Å²) >= 11 is 0. The van der Waals surface area contributed by atoms with Gasteiger partial charge in [0.2, 0.25) is 11.9 Å². The molecule has 6 heterocycles. The zero-order valence-corrected chi connectivity index (χ0v) is 37.2. The van der Waals surface area contributed by atoms with Gasteiger partial charge in [-0.1, -0.05) is 24.3 Å². The van der Waals surface area contributed by atoms with E-state index in [1.54, 1.807) is 37.6 Å². The topological polar surface area (TPSA) is 175 Å². The molecule has 332 valence electrons. The third-order valence-corrected chi connectivity index (χ3v) is 13.0. The largest absolute Gasteiger partial charge is 0.443 e. The first-order valence-corrected chi connectivity index (χ1v) is 22.1. The minimum Gasteiger partial charge on any atom is -0.443 e. The molecule has 4 aliphatic heterocycles. The maximum Gasteiger partial charge on any atom is 0.312 e. The van der Waals surface area contributed by atoms with Crippen molar-refractivity contribution in [1.29, 1.82) is 0 Å². The number of carbonyl (C=O) groups excluding carboxylic acids is 5. The summed E-state index contributed by atoms with van der Waals surface area (Å²) in [6, 6.07) is 16.8. The highest BCUT2D eigenvalue weighted by molar-refractivity contribution is 6.23. The number of esters is 1. The molecular formula is C48H54N10O6. The molecule has 0 radical (unpaired) electrons. The van der Waals surface area contributed by atoms with Crippen LogP contribution in [-0.2, 0) is 39.1 Å². The number of rotatable bonds is 10. The number of para-hydroxylation sites is 1. The summed E-state index contributed by atoms with van der Waals surface area (Å²) < 4.78 is 7.02. The van der Waals surface area contributed by atoms with E-state index in [2.05, 4.69) is 69.6 Å². The molecule has 3 aromatic carbocycles. The second-order valence-electron chi connectivity index (χ2n) is 18.6. The Morgan fingerprint density at radius 3 is 2.36 bits per heavy atom. The minimum atomic E-state index is -1.16. The van der Waals surface area contributed by atoms with Crippen molar-refractivity contribution in [2.24, 2.45) is 18.4 Å².